The van der Waals surface area contributed by atoms with Gasteiger partial charge in [0, 0.05) is 17.3 Å². The molecule has 0 unspecified atom stereocenters. The second kappa shape index (κ2) is 5.20. The van der Waals surface area contributed by atoms with E-state index in [0.717, 1.165) is 31.5 Å². The molecule has 104 valence electrons. The molecule has 0 aromatic carbocycles. The molecule has 3 heteroatoms. The van der Waals surface area contributed by atoms with Gasteiger partial charge in [-0.2, -0.15) is 0 Å². The van der Waals surface area contributed by atoms with Gasteiger partial charge in [-0.1, -0.05) is 32.6 Å². The predicted octanol–water partition coefficient (Wildman–Crippen LogP) is 3.42. The molecule has 0 spiro atoms. The van der Waals surface area contributed by atoms with Gasteiger partial charge in [0.05, 0.1) is 5.54 Å². The first-order valence-electron chi connectivity index (χ1n) is 7.88. The van der Waals surface area contributed by atoms with E-state index >= 15 is 0 Å². The number of hydrogen-bond acceptors (Lipinski definition) is 3. The molecular weight excluding hydrogens is 234 g/mol. The average molecular weight is 259 g/mol. The quantitative estimate of drug-likeness (QED) is 0.901. The molecular formula is C16H25N3. The molecule has 1 aromatic heterocycles. The lowest BCUT2D eigenvalue weighted by atomic mass is 9.82. The lowest BCUT2D eigenvalue weighted by Gasteiger charge is -2.32. The maximum atomic E-state index is 6.61. The van der Waals surface area contributed by atoms with Crippen LogP contribution >= 0.6 is 0 Å². The second-order valence-electron chi connectivity index (χ2n) is 6.35. The summed E-state index contributed by atoms with van der Waals surface area (Å²) in [5.41, 5.74) is 8.80. The molecule has 2 saturated carbocycles. The van der Waals surface area contributed by atoms with Gasteiger partial charge in [0.15, 0.2) is 0 Å². The molecule has 1 heterocycles. The van der Waals surface area contributed by atoms with Crippen LogP contribution in [-0.4, -0.2) is 9.97 Å². The predicted molar refractivity (Wildman–Crippen MR) is 77.0 cm³/mol. The fourth-order valence-electron chi connectivity index (χ4n) is 3.12. The summed E-state index contributed by atoms with van der Waals surface area (Å²) >= 11 is 0. The van der Waals surface area contributed by atoms with E-state index in [2.05, 4.69) is 13.0 Å². The number of hydrogen-bond donors (Lipinski definition) is 1. The van der Waals surface area contributed by atoms with E-state index in [1.54, 1.807) is 0 Å². The average Bonchev–Trinajstić information content (AvgIpc) is 3.24. The van der Waals surface area contributed by atoms with E-state index in [4.69, 9.17) is 15.7 Å². The van der Waals surface area contributed by atoms with E-state index in [1.807, 2.05) is 0 Å². The summed E-state index contributed by atoms with van der Waals surface area (Å²) in [6.07, 6.45) is 10.6. The zero-order valence-corrected chi connectivity index (χ0v) is 12.0. The first-order chi connectivity index (χ1) is 9.21. The van der Waals surface area contributed by atoms with Crippen molar-refractivity contribution in [2.24, 2.45) is 5.73 Å². The molecule has 0 atom stereocenters. The molecule has 2 fully saturated rings. The largest absolute Gasteiger partial charge is 0.319 e. The van der Waals surface area contributed by atoms with Crippen molar-refractivity contribution in [3.05, 3.63) is 23.3 Å². The Bertz CT molecular complexity index is 445. The van der Waals surface area contributed by atoms with Crippen LogP contribution in [0, 0.1) is 0 Å². The van der Waals surface area contributed by atoms with Crippen LogP contribution in [0.25, 0.3) is 0 Å². The molecule has 0 amide bonds. The van der Waals surface area contributed by atoms with Gasteiger partial charge in [-0.3, -0.25) is 0 Å². The minimum Gasteiger partial charge on any atom is -0.319 e. The lowest BCUT2D eigenvalue weighted by molar-refractivity contribution is 0.285. The van der Waals surface area contributed by atoms with E-state index < -0.39 is 0 Å². The van der Waals surface area contributed by atoms with Crippen LogP contribution in [0.1, 0.15) is 81.4 Å². The highest BCUT2D eigenvalue weighted by Gasteiger charge is 2.34. The van der Waals surface area contributed by atoms with Crippen molar-refractivity contribution in [2.75, 3.05) is 0 Å². The van der Waals surface area contributed by atoms with Crippen LogP contribution in [0.2, 0.25) is 0 Å². The van der Waals surface area contributed by atoms with Crippen molar-refractivity contribution in [1.82, 2.24) is 9.97 Å². The highest BCUT2D eigenvalue weighted by atomic mass is 15.0. The summed E-state index contributed by atoms with van der Waals surface area (Å²) in [5, 5.41) is 0. The Labute approximate surface area is 116 Å². The highest BCUT2D eigenvalue weighted by molar-refractivity contribution is 5.22. The maximum Gasteiger partial charge on any atom is 0.148 e. The lowest BCUT2D eigenvalue weighted by Crippen LogP contribution is -2.40. The first-order valence-corrected chi connectivity index (χ1v) is 7.88. The van der Waals surface area contributed by atoms with Crippen LogP contribution in [0.4, 0.5) is 0 Å². The van der Waals surface area contributed by atoms with E-state index in [0.29, 0.717) is 5.92 Å². The van der Waals surface area contributed by atoms with Crippen molar-refractivity contribution >= 4 is 0 Å². The van der Waals surface area contributed by atoms with Gasteiger partial charge in [0.1, 0.15) is 5.82 Å². The Balaban J connectivity index is 1.94. The fourth-order valence-corrected chi connectivity index (χ4v) is 3.12. The molecule has 0 saturated heterocycles. The standard InChI is InChI=1S/C16H25N3/c1-2-6-13-11-14(12-7-8-12)19-15(18-13)16(17)9-4-3-5-10-16/h11-12H,2-10,17H2,1H3. The molecule has 2 N–H and O–H groups in total. The summed E-state index contributed by atoms with van der Waals surface area (Å²) in [5.74, 6) is 1.62. The van der Waals surface area contributed by atoms with Gasteiger partial charge in [-0.15, -0.1) is 0 Å². The highest BCUT2D eigenvalue weighted by Crippen LogP contribution is 2.40. The molecule has 0 aliphatic heterocycles. The number of aryl methyl sites for hydroxylation is 1. The second-order valence-corrected chi connectivity index (χ2v) is 6.35. The number of rotatable bonds is 4. The molecule has 0 radical (unpaired) electrons. The molecule has 3 rings (SSSR count). The monoisotopic (exact) mass is 259 g/mol. The SMILES string of the molecule is CCCc1cc(C2CC2)nc(C2(N)CCCCC2)n1. The van der Waals surface area contributed by atoms with Crippen LogP contribution in [0.3, 0.4) is 0 Å². The fraction of sp³-hybridized carbons (Fsp3) is 0.750. The summed E-state index contributed by atoms with van der Waals surface area (Å²) in [6.45, 7) is 2.21. The minimum absolute atomic E-state index is 0.258. The van der Waals surface area contributed by atoms with Crippen LogP contribution < -0.4 is 5.73 Å². The summed E-state index contributed by atoms with van der Waals surface area (Å²) in [4.78, 5) is 9.63. The van der Waals surface area contributed by atoms with Crippen molar-refractivity contribution in [2.45, 2.75) is 76.2 Å². The molecule has 0 bridgehead atoms. The Kier molecular flexibility index (Phi) is 3.57. The number of aromatic nitrogens is 2. The number of nitrogens with two attached hydrogens (primary N) is 1. The molecule has 1 aromatic rings. The van der Waals surface area contributed by atoms with Crippen molar-refractivity contribution in [1.29, 1.82) is 0 Å². The van der Waals surface area contributed by atoms with Gasteiger partial charge in [0.2, 0.25) is 0 Å². The molecule has 2 aliphatic carbocycles. The van der Waals surface area contributed by atoms with Crippen LogP contribution in [0.5, 0.6) is 0 Å². The smallest absolute Gasteiger partial charge is 0.148 e. The Morgan fingerprint density at radius 1 is 1.21 bits per heavy atom. The zero-order chi connectivity index (χ0) is 13.3. The van der Waals surface area contributed by atoms with E-state index in [1.165, 1.54) is 43.5 Å². The topological polar surface area (TPSA) is 51.8 Å². The minimum atomic E-state index is -0.258. The molecule has 3 nitrogen and oxygen atoms in total. The van der Waals surface area contributed by atoms with Gasteiger partial charge in [-0.25, -0.2) is 9.97 Å². The Morgan fingerprint density at radius 3 is 2.58 bits per heavy atom. The third-order valence-electron chi connectivity index (χ3n) is 4.49. The van der Waals surface area contributed by atoms with Crippen molar-refractivity contribution in [3.8, 4) is 0 Å². The van der Waals surface area contributed by atoms with Crippen molar-refractivity contribution < 1.29 is 0 Å². The van der Waals surface area contributed by atoms with Gasteiger partial charge >= 0.3 is 0 Å². The third-order valence-corrected chi connectivity index (χ3v) is 4.49. The molecule has 2 aliphatic rings. The zero-order valence-electron chi connectivity index (χ0n) is 12.0. The van der Waals surface area contributed by atoms with Gasteiger partial charge < -0.3 is 5.73 Å². The van der Waals surface area contributed by atoms with E-state index in [9.17, 15) is 0 Å². The Morgan fingerprint density at radius 2 is 1.95 bits per heavy atom. The number of nitrogens with zero attached hydrogens (tertiary/aromatic N) is 2. The maximum absolute atomic E-state index is 6.61. The first kappa shape index (κ1) is 13.0. The third kappa shape index (κ3) is 2.81. The summed E-state index contributed by atoms with van der Waals surface area (Å²) < 4.78 is 0. The van der Waals surface area contributed by atoms with E-state index in [-0.39, 0.29) is 5.54 Å². The molecule has 19 heavy (non-hydrogen) atoms. The van der Waals surface area contributed by atoms with Crippen molar-refractivity contribution in [3.63, 3.8) is 0 Å². The van der Waals surface area contributed by atoms with Crippen LogP contribution in [0.15, 0.2) is 6.07 Å². The van der Waals surface area contributed by atoms with Gasteiger partial charge in [-0.05, 0) is 38.2 Å². The van der Waals surface area contributed by atoms with Gasteiger partial charge in [0.25, 0.3) is 0 Å². The normalized spacial score (nSPS) is 22.4. The Hall–Kier alpha value is -0.960. The van der Waals surface area contributed by atoms with Crippen LogP contribution in [-0.2, 0) is 12.0 Å². The summed E-state index contributed by atoms with van der Waals surface area (Å²) in [6, 6.07) is 2.22. The summed E-state index contributed by atoms with van der Waals surface area (Å²) in [7, 11) is 0.